The zero-order valence-electron chi connectivity index (χ0n) is 11.0. The van der Waals surface area contributed by atoms with Crippen molar-refractivity contribution in [3.63, 3.8) is 0 Å². The molecule has 0 saturated carbocycles. The summed E-state index contributed by atoms with van der Waals surface area (Å²) >= 11 is 5.61. The number of ether oxygens (including phenoxy) is 1. The second-order valence-corrected chi connectivity index (χ2v) is 6.06. The van der Waals surface area contributed by atoms with E-state index in [1.165, 1.54) is 6.92 Å². The minimum Gasteiger partial charge on any atom is -0.462 e. The lowest BCUT2D eigenvalue weighted by Gasteiger charge is -2.24. The molecule has 1 aromatic rings. The number of hydroxylamine groups is 1. The van der Waals surface area contributed by atoms with E-state index in [9.17, 15) is 9.36 Å². The smallest absolute Gasteiger partial charge is 0.327 e. The van der Waals surface area contributed by atoms with E-state index < -0.39 is 19.3 Å². The molecule has 19 heavy (non-hydrogen) atoms. The Bertz CT molecular complexity index is 441. The molecule has 0 amide bonds. The van der Waals surface area contributed by atoms with Crippen molar-refractivity contribution >= 4 is 24.5 Å². The summed E-state index contributed by atoms with van der Waals surface area (Å²) in [7, 11) is -2.72. The average molecular weight is 306 g/mol. The molecule has 1 aromatic carbocycles. The van der Waals surface area contributed by atoms with Gasteiger partial charge in [0.15, 0.2) is 0 Å². The Morgan fingerprint density at radius 3 is 2.32 bits per heavy atom. The van der Waals surface area contributed by atoms with Crippen LogP contribution in [0.4, 0.5) is 0 Å². The summed E-state index contributed by atoms with van der Waals surface area (Å²) in [5, 5.41) is 0. The standard InChI is InChI=1S/C12H17ClNO4P/c1-9(2)17-12(15)10(3)14(19(13)16)18-11-7-5-4-6-8-11/h4-10,19H,1-3H3/t10-/m0/s1. The highest BCUT2D eigenvalue weighted by Crippen LogP contribution is 2.35. The molecule has 0 spiro atoms. The largest absolute Gasteiger partial charge is 0.462 e. The molecule has 0 heterocycles. The Hall–Kier alpha value is -1.03. The topological polar surface area (TPSA) is 55.8 Å². The van der Waals surface area contributed by atoms with Gasteiger partial charge in [0, 0.05) is 0 Å². The first kappa shape index (κ1) is 16.0. The van der Waals surface area contributed by atoms with Crippen LogP contribution in [0.25, 0.3) is 0 Å². The summed E-state index contributed by atoms with van der Waals surface area (Å²) < 4.78 is 16.6. The first-order valence-electron chi connectivity index (χ1n) is 5.84. The number of esters is 1. The van der Waals surface area contributed by atoms with E-state index in [0.29, 0.717) is 5.75 Å². The molecule has 0 N–H and O–H groups in total. The van der Waals surface area contributed by atoms with E-state index in [0.717, 1.165) is 4.83 Å². The van der Waals surface area contributed by atoms with Crippen molar-refractivity contribution in [1.29, 1.82) is 0 Å². The van der Waals surface area contributed by atoms with Crippen molar-refractivity contribution in [2.45, 2.75) is 32.9 Å². The van der Waals surface area contributed by atoms with Crippen LogP contribution in [0.3, 0.4) is 0 Å². The van der Waals surface area contributed by atoms with Gasteiger partial charge in [-0.25, -0.2) is 0 Å². The number of hydrogen-bond acceptors (Lipinski definition) is 4. The molecule has 7 heteroatoms. The summed E-state index contributed by atoms with van der Waals surface area (Å²) in [4.78, 5) is 18.1. The Morgan fingerprint density at radius 1 is 1.26 bits per heavy atom. The van der Waals surface area contributed by atoms with Crippen molar-refractivity contribution in [2.75, 3.05) is 0 Å². The fraction of sp³-hybridized carbons (Fsp3) is 0.417. The summed E-state index contributed by atoms with van der Waals surface area (Å²) in [6.07, 6.45) is -0.258. The maximum absolute atomic E-state index is 11.8. The second kappa shape index (κ2) is 7.53. The van der Waals surface area contributed by atoms with E-state index in [-0.39, 0.29) is 6.10 Å². The van der Waals surface area contributed by atoms with E-state index >= 15 is 0 Å². The number of carbonyl (C=O) groups is 1. The highest BCUT2D eigenvalue weighted by Gasteiger charge is 2.29. The van der Waals surface area contributed by atoms with Crippen molar-refractivity contribution in [1.82, 2.24) is 4.83 Å². The fourth-order valence-corrected chi connectivity index (χ4v) is 2.42. The van der Waals surface area contributed by atoms with Gasteiger partial charge in [0.05, 0.1) is 6.10 Å². The predicted octanol–water partition coefficient (Wildman–Crippen LogP) is 3.25. The molecule has 0 aliphatic carbocycles. The third-order valence-corrected chi connectivity index (χ3v) is 3.49. The zero-order chi connectivity index (χ0) is 14.4. The van der Waals surface area contributed by atoms with Crippen LogP contribution >= 0.6 is 18.5 Å². The Morgan fingerprint density at radius 2 is 1.84 bits per heavy atom. The second-order valence-electron chi connectivity index (χ2n) is 4.14. The molecule has 5 nitrogen and oxygen atoms in total. The van der Waals surface area contributed by atoms with Gasteiger partial charge in [0.25, 0.3) is 7.30 Å². The summed E-state index contributed by atoms with van der Waals surface area (Å²) in [6.45, 7) is 4.99. The summed E-state index contributed by atoms with van der Waals surface area (Å²) in [5.41, 5.74) is 0. The molecule has 0 aliphatic heterocycles. The van der Waals surface area contributed by atoms with Crippen molar-refractivity contribution < 1.29 is 18.9 Å². The molecule has 1 unspecified atom stereocenters. The minimum absolute atomic E-state index is 0.258. The lowest BCUT2D eigenvalue weighted by atomic mass is 10.3. The SMILES string of the molecule is CC(C)OC(=O)[C@H](C)N(Oc1ccccc1)[PH](=O)Cl. The molecule has 0 saturated heterocycles. The lowest BCUT2D eigenvalue weighted by molar-refractivity contribution is -0.157. The van der Waals surface area contributed by atoms with Gasteiger partial charge < -0.3 is 9.57 Å². The van der Waals surface area contributed by atoms with Crippen LogP contribution in [0.2, 0.25) is 0 Å². The van der Waals surface area contributed by atoms with Crippen LogP contribution in [0, 0.1) is 0 Å². The van der Waals surface area contributed by atoms with Crippen LogP contribution in [-0.2, 0) is 14.1 Å². The summed E-state index contributed by atoms with van der Waals surface area (Å²) in [5.74, 6) is -0.0874. The van der Waals surface area contributed by atoms with Gasteiger partial charge >= 0.3 is 5.97 Å². The monoisotopic (exact) mass is 305 g/mol. The molecule has 2 atom stereocenters. The van der Waals surface area contributed by atoms with Crippen molar-refractivity contribution in [3.05, 3.63) is 30.3 Å². The number of carbonyl (C=O) groups excluding carboxylic acids is 1. The van der Waals surface area contributed by atoms with Gasteiger partial charge in [-0.2, -0.15) is 0 Å². The van der Waals surface area contributed by atoms with Gasteiger partial charge in [-0.3, -0.25) is 9.36 Å². The van der Waals surface area contributed by atoms with Gasteiger partial charge in [-0.15, -0.1) is 0 Å². The molecular weight excluding hydrogens is 289 g/mol. The van der Waals surface area contributed by atoms with Gasteiger partial charge in [0.2, 0.25) is 0 Å². The Kier molecular flexibility index (Phi) is 6.35. The van der Waals surface area contributed by atoms with Crippen LogP contribution in [0.15, 0.2) is 30.3 Å². The highest BCUT2D eigenvalue weighted by atomic mass is 35.7. The van der Waals surface area contributed by atoms with E-state index in [2.05, 4.69) is 0 Å². The maximum atomic E-state index is 11.8. The Labute approximate surface area is 118 Å². The molecule has 0 fully saturated rings. The average Bonchev–Trinajstić information content (AvgIpc) is 2.35. The lowest BCUT2D eigenvalue weighted by Crippen LogP contribution is -2.38. The van der Waals surface area contributed by atoms with Gasteiger partial charge in [-0.05, 0) is 44.1 Å². The Balaban J connectivity index is 2.77. The number of rotatable bonds is 6. The van der Waals surface area contributed by atoms with E-state index in [1.807, 2.05) is 6.07 Å². The number of para-hydroxylation sites is 1. The quantitative estimate of drug-likeness (QED) is 0.459. The summed E-state index contributed by atoms with van der Waals surface area (Å²) in [6, 6.07) is 7.83. The molecule has 0 aliphatic rings. The first-order valence-corrected chi connectivity index (χ1v) is 8.20. The molecule has 106 valence electrons. The first-order chi connectivity index (χ1) is 8.91. The van der Waals surface area contributed by atoms with E-state index in [1.54, 1.807) is 38.1 Å². The highest BCUT2D eigenvalue weighted by molar-refractivity contribution is 7.71. The van der Waals surface area contributed by atoms with Crippen LogP contribution in [-0.4, -0.2) is 22.9 Å². The van der Waals surface area contributed by atoms with Crippen molar-refractivity contribution in [2.24, 2.45) is 0 Å². The number of halogens is 1. The number of benzene rings is 1. The molecular formula is C12H17ClNO4P. The van der Waals surface area contributed by atoms with Crippen LogP contribution in [0.1, 0.15) is 20.8 Å². The minimum atomic E-state index is -2.72. The normalized spacial score (nSPS) is 14.2. The van der Waals surface area contributed by atoms with Gasteiger partial charge in [-0.1, -0.05) is 23.0 Å². The predicted molar refractivity (Wildman–Crippen MR) is 74.5 cm³/mol. The third kappa shape index (κ3) is 5.23. The zero-order valence-corrected chi connectivity index (χ0v) is 12.8. The molecule has 0 aromatic heterocycles. The van der Waals surface area contributed by atoms with Crippen molar-refractivity contribution in [3.8, 4) is 5.75 Å². The van der Waals surface area contributed by atoms with E-state index in [4.69, 9.17) is 20.8 Å². The third-order valence-electron chi connectivity index (χ3n) is 2.16. The van der Waals surface area contributed by atoms with Gasteiger partial charge in [0.1, 0.15) is 11.8 Å². The molecule has 0 radical (unpaired) electrons. The van der Waals surface area contributed by atoms with Crippen LogP contribution in [0.5, 0.6) is 5.75 Å². The molecule has 1 rings (SSSR count). The maximum Gasteiger partial charge on any atom is 0.327 e. The molecule has 0 bridgehead atoms. The van der Waals surface area contributed by atoms with Crippen LogP contribution < -0.4 is 4.84 Å². The fourth-order valence-electron chi connectivity index (χ4n) is 1.29. The number of nitrogens with zero attached hydrogens (tertiary/aromatic N) is 1. The number of hydrogen-bond donors (Lipinski definition) is 0.